The van der Waals surface area contributed by atoms with Crippen LogP contribution < -0.4 is 5.32 Å². The van der Waals surface area contributed by atoms with E-state index in [1.165, 1.54) is 29.7 Å². The summed E-state index contributed by atoms with van der Waals surface area (Å²) in [6, 6.07) is 2.66. The Hall–Kier alpha value is -1.82. The number of halogens is 1. The molecule has 0 aliphatic carbocycles. The second-order valence-electron chi connectivity index (χ2n) is 3.27. The minimum atomic E-state index is -0.612. The Morgan fingerprint density at radius 2 is 2.29 bits per heavy atom. The van der Waals surface area contributed by atoms with E-state index in [4.69, 9.17) is 0 Å². The van der Waals surface area contributed by atoms with Crippen LogP contribution in [-0.2, 0) is 6.42 Å². The van der Waals surface area contributed by atoms with E-state index >= 15 is 0 Å². The molecule has 0 atom stereocenters. The molecule has 0 aromatic carbocycles. The Morgan fingerprint density at radius 1 is 1.41 bits per heavy atom. The van der Waals surface area contributed by atoms with Gasteiger partial charge < -0.3 is 5.32 Å². The van der Waals surface area contributed by atoms with Crippen LogP contribution in [0.15, 0.2) is 29.9 Å². The Kier molecular flexibility index (Phi) is 3.77. The Bertz CT molecular complexity index is 501. The van der Waals surface area contributed by atoms with Gasteiger partial charge in [0.05, 0.1) is 5.01 Å². The predicted molar refractivity (Wildman–Crippen MR) is 62.3 cm³/mol. The second kappa shape index (κ2) is 5.49. The van der Waals surface area contributed by atoms with Gasteiger partial charge in [0, 0.05) is 30.7 Å². The molecule has 0 fully saturated rings. The van der Waals surface area contributed by atoms with Crippen molar-refractivity contribution < 1.29 is 9.18 Å². The first-order valence-electron chi connectivity index (χ1n) is 5.04. The maximum atomic E-state index is 13.2. The van der Waals surface area contributed by atoms with Crippen LogP contribution in [0.3, 0.4) is 0 Å². The predicted octanol–water partition coefficient (Wildman–Crippen LogP) is 1.65. The molecule has 0 bridgehead atoms. The highest BCUT2D eigenvalue weighted by molar-refractivity contribution is 7.09. The lowest BCUT2D eigenvalue weighted by atomic mass is 10.3. The van der Waals surface area contributed by atoms with Crippen molar-refractivity contribution in [2.45, 2.75) is 6.42 Å². The topological polar surface area (TPSA) is 54.9 Å². The monoisotopic (exact) mass is 251 g/mol. The summed E-state index contributed by atoms with van der Waals surface area (Å²) in [5, 5.41) is 5.41. The summed E-state index contributed by atoms with van der Waals surface area (Å²) in [7, 11) is 0. The standard InChI is InChI=1S/C11H10FN3OS/c12-8-2-1-4-14-10(8)11(16)15-5-3-9-13-6-7-17-9/h1-2,4,6-7H,3,5H2,(H,15,16). The molecule has 0 radical (unpaired) electrons. The minimum absolute atomic E-state index is 0.174. The van der Waals surface area contributed by atoms with Gasteiger partial charge in [-0.2, -0.15) is 0 Å². The molecule has 4 nitrogen and oxygen atoms in total. The van der Waals surface area contributed by atoms with Crippen molar-refractivity contribution in [2.75, 3.05) is 6.54 Å². The number of nitrogens with zero attached hydrogens (tertiary/aromatic N) is 2. The summed E-state index contributed by atoms with van der Waals surface area (Å²) < 4.78 is 13.2. The molecule has 6 heteroatoms. The molecule has 2 aromatic rings. The van der Waals surface area contributed by atoms with E-state index in [0.29, 0.717) is 13.0 Å². The van der Waals surface area contributed by atoms with Gasteiger partial charge in [0.25, 0.3) is 5.91 Å². The van der Waals surface area contributed by atoms with Gasteiger partial charge in [-0.3, -0.25) is 4.79 Å². The Balaban J connectivity index is 1.88. The third-order valence-corrected chi connectivity index (χ3v) is 2.92. The first-order chi connectivity index (χ1) is 8.27. The number of nitrogens with one attached hydrogen (secondary N) is 1. The van der Waals surface area contributed by atoms with Gasteiger partial charge in [0.15, 0.2) is 11.5 Å². The molecule has 88 valence electrons. The molecule has 17 heavy (non-hydrogen) atoms. The van der Waals surface area contributed by atoms with E-state index in [1.54, 1.807) is 6.20 Å². The van der Waals surface area contributed by atoms with Crippen LogP contribution in [0.5, 0.6) is 0 Å². The highest BCUT2D eigenvalue weighted by Gasteiger charge is 2.11. The molecule has 0 unspecified atom stereocenters. The fourth-order valence-corrected chi connectivity index (χ4v) is 1.92. The van der Waals surface area contributed by atoms with Gasteiger partial charge in [-0.05, 0) is 12.1 Å². The summed E-state index contributed by atoms with van der Waals surface area (Å²) in [5.41, 5.74) is -0.174. The summed E-state index contributed by atoms with van der Waals surface area (Å²) >= 11 is 1.52. The lowest BCUT2D eigenvalue weighted by molar-refractivity contribution is 0.0944. The summed E-state index contributed by atoms with van der Waals surface area (Å²) in [5.74, 6) is -1.11. The van der Waals surface area contributed by atoms with Crippen LogP contribution in [0.25, 0.3) is 0 Å². The summed E-state index contributed by atoms with van der Waals surface area (Å²) in [6.07, 6.45) is 3.73. The number of carbonyl (C=O) groups is 1. The van der Waals surface area contributed by atoms with E-state index in [9.17, 15) is 9.18 Å². The van der Waals surface area contributed by atoms with Crippen molar-refractivity contribution in [1.82, 2.24) is 15.3 Å². The van der Waals surface area contributed by atoms with Crippen molar-refractivity contribution >= 4 is 17.2 Å². The summed E-state index contributed by atoms with van der Waals surface area (Å²) in [4.78, 5) is 19.3. The highest BCUT2D eigenvalue weighted by atomic mass is 32.1. The second-order valence-corrected chi connectivity index (χ2v) is 4.24. The van der Waals surface area contributed by atoms with Gasteiger partial charge in [-0.1, -0.05) is 0 Å². The number of amides is 1. The van der Waals surface area contributed by atoms with E-state index < -0.39 is 11.7 Å². The molecule has 0 aliphatic heterocycles. The van der Waals surface area contributed by atoms with E-state index in [2.05, 4.69) is 15.3 Å². The lowest BCUT2D eigenvalue weighted by Gasteiger charge is -2.03. The number of thiazole rings is 1. The zero-order valence-electron chi connectivity index (χ0n) is 8.89. The van der Waals surface area contributed by atoms with Crippen LogP contribution in [-0.4, -0.2) is 22.4 Å². The van der Waals surface area contributed by atoms with Gasteiger partial charge in [-0.25, -0.2) is 14.4 Å². The average Bonchev–Trinajstić information content (AvgIpc) is 2.82. The Morgan fingerprint density at radius 3 is 3.00 bits per heavy atom. The first kappa shape index (κ1) is 11.7. The normalized spacial score (nSPS) is 10.2. The molecule has 0 saturated heterocycles. The number of carbonyl (C=O) groups excluding carboxylic acids is 1. The number of aromatic nitrogens is 2. The fourth-order valence-electron chi connectivity index (χ4n) is 1.30. The molecule has 2 aromatic heterocycles. The molecular formula is C11H10FN3OS. The third kappa shape index (κ3) is 3.07. The van der Waals surface area contributed by atoms with Crippen LogP contribution in [0.4, 0.5) is 4.39 Å². The smallest absolute Gasteiger partial charge is 0.272 e. The zero-order chi connectivity index (χ0) is 12.1. The van der Waals surface area contributed by atoms with Crippen molar-refractivity contribution in [3.05, 3.63) is 46.4 Å². The van der Waals surface area contributed by atoms with Crippen LogP contribution in [0.1, 0.15) is 15.5 Å². The quantitative estimate of drug-likeness (QED) is 0.899. The SMILES string of the molecule is O=C(NCCc1nccs1)c1ncccc1F. The van der Waals surface area contributed by atoms with Crippen LogP contribution in [0.2, 0.25) is 0 Å². The third-order valence-electron chi connectivity index (χ3n) is 2.08. The fraction of sp³-hybridized carbons (Fsp3) is 0.182. The number of hydrogen-bond donors (Lipinski definition) is 1. The van der Waals surface area contributed by atoms with E-state index in [1.807, 2.05) is 5.38 Å². The zero-order valence-corrected chi connectivity index (χ0v) is 9.71. The van der Waals surface area contributed by atoms with Gasteiger partial charge in [0.2, 0.25) is 0 Å². The maximum Gasteiger partial charge on any atom is 0.272 e. The molecule has 0 saturated carbocycles. The van der Waals surface area contributed by atoms with Gasteiger partial charge in [-0.15, -0.1) is 11.3 Å². The van der Waals surface area contributed by atoms with Crippen molar-refractivity contribution in [3.63, 3.8) is 0 Å². The maximum absolute atomic E-state index is 13.2. The molecule has 0 spiro atoms. The molecule has 0 aliphatic rings. The highest BCUT2D eigenvalue weighted by Crippen LogP contribution is 2.04. The van der Waals surface area contributed by atoms with Crippen molar-refractivity contribution in [1.29, 1.82) is 0 Å². The molecule has 2 heterocycles. The number of rotatable bonds is 4. The molecule has 1 N–H and O–H groups in total. The number of hydrogen-bond acceptors (Lipinski definition) is 4. The van der Waals surface area contributed by atoms with Crippen LogP contribution >= 0.6 is 11.3 Å². The summed E-state index contributed by atoms with van der Waals surface area (Å²) in [6.45, 7) is 0.419. The molecule has 1 amide bonds. The van der Waals surface area contributed by atoms with E-state index in [-0.39, 0.29) is 5.69 Å². The lowest BCUT2D eigenvalue weighted by Crippen LogP contribution is -2.27. The van der Waals surface area contributed by atoms with Gasteiger partial charge >= 0.3 is 0 Å². The minimum Gasteiger partial charge on any atom is -0.350 e. The largest absolute Gasteiger partial charge is 0.350 e. The average molecular weight is 251 g/mol. The molecule has 2 rings (SSSR count). The first-order valence-corrected chi connectivity index (χ1v) is 5.92. The van der Waals surface area contributed by atoms with E-state index in [0.717, 1.165) is 5.01 Å². The van der Waals surface area contributed by atoms with Crippen molar-refractivity contribution in [2.24, 2.45) is 0 Å². The number of pyridine rings is 1. The Labute approximate surface area is 102 Å². The molecular weight excluding hydrogens is 241 g/mol. The van der Waals surface area contributed by atoms with Crippen LogP contribution in [0, 0.1) is 5.82 Å². The van der Waals surface area contributed by atoms with Gasteiger partial charge in [0.1, 0.15) is 0 Å². The van der Waals surface area contributed by atoms with Crippen molar-refractivity contribution in [3.8, 4) is 0 Å².